The molecular weight excluding hydrogens is 353 g/mol. The number of nitrogens with zero attached hydrogens (tertiary/aromatic N) is 2. The van der Waals surface area contributed by atoms with Crippen molar-refractivity contribution in [3.63, 3.8) is 0 Å². The third-order valence-electron chi connectivity index (χ3n) is 5.27. The molecule has 1 aliphatic carbocycles. The number of carbonyl (C=O) groups excluding carboxylic acids is 1. The number of hydrogen-bond acceptors (Lipinski definition) is 5. The molecule has 2 heterocycles. The predicted octanol–water partition coefficient (Wildman–Crippen LogP) is 1.82. The van der Waals surface area contributed by atoms with Crippen LogP contribution in [0, 0.1) is 5.82 Å². The summed E-state index contributed by atoms with van der Waals surface area (Å²) in [5, 5.41) is 12.8. The average Bonchev–Trinajstić information content (AvgIpc) is 3.13. The lowest BCUT2D eigenvalue weighted by Crippen LogP contribution is -2.44. The van der Waals surface area contributed by atoms with Crippen LogP contribution < -0.4 is 10.9 Å². The molecule has 0 bridgehead atoms. The van der Waals surface area contributed by atoms with Gasteiger partial charge in [0.2, 0.25) is 5.75 Å². The Bertz CT molecular complexity index is 950. The van der Waals surface area contributed by atoms with Gasteiger partial charge in [-0.25, -0.2) is 9.37 Å². The monoisotopic (exact) mass is 373 g/mol. The summed E-state index contributed by atoms with van der Waals surface area (Å²) in [6.45, 7) is 0.577. The van der Waals surface area contributed by atoms with Crippen LogP contribution in [0.15, 0.2) is 29.1 Å². The van der Waals surface area contributed by atoms with Gasteiger partial charge in [0.05, 0.1) is 13.2 Å². The van der Waals surface area contributed by atoms with Crippen molar-refractivity contribution in [3.05, 3.63) is 57.5 Å². The van der Waals surface area contributed by atoms with Crippen LogP contribution in [0.4, 0.5) is 4.39 Å². The predicted molar refractivity (Wildman–Crippen MR) is 93.8 cm³/mol. The van der Waals surface area contributed by atoms with E-state index in [9.17, 15) is 19.1 Å². The van der Waals surface area contributed by atoms with Crippen molar-refractivity contribution in [1.29, 1.82) is 0 Å². The number of aromatic nitrogens is 2. The van der Waals surface area contributed by atoms with Crippen molar-refractivity contribution in [3.8, 4) is 5.75 Å². The molecule has 4 rings (SSSR count). The van der Waals surface area contributed by atoms with E-state index < -0.39 is 28.6 Å². The van der Waals surface area contributed by atoms with Crippen molar-refractivity contribution in [2.24, 2.45) is 0 Å². The summed E-state index contributed by atoms with van der Waals surface area (Å²) in [6, 6.07) is 6.06. The van der Waals surface area contributed by atoms with E-state index in [1.54, 1.807) is 18.2 Å². The number of hydrogen-bond donors (Lipinski definition) is 2. The minimum absolute atomic E-state index is 0.0767. The fourth-order valence-electron chi connectivity index (χ4n) is 3.87. The Morgan fingerprint density at radius 2 is 2.07 bits per heavy atom. The van der Waals surface area contributed by atoms with Gasteiger partial charge in [-0.3, -0.25) is 14.2 Å². The molecular formula is C19H20FN3O4. The van der Waals surface area contributed by atoms with Crippen LogP contribution in [-0.4, -0.2) is 27.2 Å². The molecule has 1 spiro atoms. The molecule has 1 saturated carbocycles. The number of carbonyl (C=O) groups is 1. The lowest BCUT2D eigenvalue weighted by atomic mass is 9.99. The number of nitrogens with one attached hydrogen (secondary N) is 1. The fraction of sp³-hybridized carbons (Fsp3) is 0.421. The molecule has 142 valence electrons. The van der Waals surface area contributed by atoms with Crippen LogP contribution in [0.25, 0.3) is 0 Å². The Balaban J connectivity index is 1.67. The first-order valence-corrected chi connectivity index (χ1v) is 9.02. The summed E-state index contributed by atoms with van der Waals surface area (Å²) in [4.78, 5) is 29.5. The summed E-state index contributed by atoms with van der Waals surface area (Å²) >= 11 is 0. The van der Waals surface area contributed by atoms with E-state index in [-0.39, 0.29) is 18.8 Å². The van der Waals surface area contributed by atoms with Gasteiger partial charge in [-0.05, 0) is 31.7 Å². The molecule has 2 aromatic rings. The maximum absolute atomic E-state index is 13.7. The van der Waals surface area contributed by atoms with E-state index in [1.807, 2.05) is 0 Å². The number of ether oxygens (including phenoxy) is 1. The van der Waals surface area contributed by atoms with Gasteiger partial charge < -0.3 is 15.2 Å². The number of aromatic hydroxyl groups is 1. The Morgan fingerprint density at radius 1 is 1.33 bits per heavy atom. The lowest BCUT2D eigenvalue weighted by Gasteiger charge is -2.35. The van der Waals surface area contributed by atoms with Crippen molar-refractivity contribution in [2.75, 3.05) is 6.61 Å². The number of amides is 1. The Hall–Kier alpha value is -2.74. The van der Waals surface area contributed by atoms with Crippen LogP contribution in [0.2, 0.25) is 0 Å². The zero-order valence-electron chi connectivity index (χ0n) is 14.7. The van der Waals surface area contributed by atoms with E-state index in [2.05, 4.69) is 10.3 Å². The topological polar surface area (TPSA) is 93.5 Å². The Kier molecular flexibility index (Phi) is 4.43. The van der Waals surface area contributed by atoms with Gasteiger partial charge in [0, 0.05) is 12.1 Å². The fourth-order valence-corrected chi connectivity index (χ4v) is 3.87. The average molecular weight is 373 g/mol. The van der Waals surface area contributed by atoms with Crippen LogP contribution in [0.1, 0.15) is 47.6 Å². The normalized spacial score (nSPS) is 17.7. The van der Waals surface area contributed by atoms with Crippen LogP contribution in [0.3, 0.4) is 0 Å². The van der Waals surface area contributed by atoms with E-state index in [1.165, 1.54) is 10.6 Å². The molecule has 2 aliphatic rings. The molecule has 27 heavy (non-hydrogen) atoms. The molecule has 0 radical (unpaired) electrons. The molecule has 8 heteroatoms. The zero-order chi connectivity index (χ0) is 19.0. The van der Waals surface area contributed by atoms with Gasteiger partial charge in [-0.1, -0.05) is 18.2 Å². The first kappa shape index (κ1) is 17.7. The molecule has 2 N–H and O–H groups in total. The first-order valence-electron chi connectivity index (χ1n) is 9.02. The highest BCUT2D eigenvalue weighted by atomic mass is 19.1. The minimum atomic E-state index is -0.727. The lowest BCUT2D eigenvalue weighted by molar-refractivity contribution is -0.0789. The van der Waals surface area contributed by atoms with Crippen LogP contribution in [0.5, 0.6) is 5.75 Å². The number of fused-ring (bicyclic) bond motifs is 2. The zero-order valence-corrected chi connectivity index (χ0v) is 14.7. The molecule has 1 aromatic carbocycles. The number of halogens is 1. The molecule has 7 nitrogen and oxygen atoms in total. The highest BCUT2D eigenvalue weighted by molar-refractivity contribution is 5.94. The maximum atomic E-state index is 13.7. The maximum Gasteiger partial charge on any atom is 0.296 e. The molecule has 0 unspecified atom stereocenters. The van der Waals surface area contributed by atoms with Crippen molar-refractivity contribution in [1.82, 2.24) is 14.9 Å². The highest BCUT2D eigenvalue weighted by Crippen LogP contribution is 2.42. The summed E-state index contributed by atoms with van der Waals surface area (Å²) in [5.74, 6) is -1.47. The van der Waals surface area contributed by atoms with Crippen molar-refractivity contribution >= 4 is 5.91 Å². The van der Waals surface area contributed by atoms with E-state index in [4.69, 9.17) is 4.74 Å². The van der Waals surface area contributed by atoms with Gasteiger partial charge in [0.15, 0.2) is 5.69 Å². The molecule has 1 amide bonds. The van der Waals surface area contributed by atoms with Gasteiger partial charge in [-0.2, -0.15) is 0 Å². The summed E-state index contributed by atoms with van der Waals surface area (Å²) in [5.41, 5.74) is -1.37. The minimum Gasteiger partial charge on any atom is -0.501 e. The van der Waals surface area contributed by atoms with Crippen molar-refractivity contribution in [2.45, 2.75) is 44.4 Å². The van der Waals surface area contributed by atoms with Crippen LogP contribution in [-0.2, 0) is 23.4 Å². The number of rotatable bonds is 3. The van der Waals surface area contributed by atoms with Gasteiger partial charge in [0.1, 0.15) is 17.2 Å². The Labute approximate surface area is 154 Å². The van der Waals surface area contributed by atoms with E-state index in [0.29, 0.717) is 18.0 Å². The van der Waals surface area contributed by atoms with Gasteiger partial charge in [-0.15, -0.1) is 0 Å². The summed E-state index contributed by atoms with van der Waals surface area (Å²) in [7, 11) is 0. The van der Waals surface area contributed by atoms with Gasteiger partial charge in [0.25, 0.3) is 11.5 Å². The standard InChI is InChI=1S/C19H20FN3O4/c20-13-6-2-1-5-12(13)11-21-16(25)14-15(24)17(26)23-9-10-27-19(18(23)22-14)7-3-4-8-19/h1-2,5-6,24H,3-4,7-11H2,(H,21,25). The van der Waals surface area contributed by atoms with Crippen LogP contribution >= 0.6 is 0 Å². The molecule has 1 aromatic heterocycles. The second-order valence-electron chi connectivity index (χ2n) is 6.91. The second-order valence-corrected chi connectivity index (χ2v) is 6.91. The summed E-state index contributed by atoms with van der Waals surface area (Å²) < 4.78 is 21.1. The SMILES string of the molecule is O=C(NCc1ccccc1F)c1nc2n(c(=O)c1O)CCOC21CCCC1. The van der Waals surface area contributed by atoms with Gasteiger partial charge >= 0.3 is 0 Å². The van der Waals surface area contributed by atoms with Crippen molar-refractivity contribution < 1.29 is 19.0 Å². The first-order chi connectivity index (χ1) is 13.0. The molecule has 1 aliphatic heterocycles. The quantitative estimate of drug-likeness (QED) is 0.856. The largest absolute Gasteiger partial charge is 0.501 e. The highest BCUT2D eigenvalue weighted by Gasteiger charge is 2.44. The molecule has 1 fully saturated rings. The molecule has 0 atom stereocenters. The molecule has 0 saturated heterocycles. The third-order valence-corrected chi connectivity index (χ3v) is 5.27. The Morgan fingerprint density at radius 3 is 2.81 bits per heavy atom. The number of benzene rings is 1. The second kappa shape index (κ2) is 6.77. The van der Waals surface area contributed by atoms with E-state index in [0.717, 1.165) is 25.7 Å². The summed E-state index contributed by atoms with van der Waals surface area (Å²) in [6.07, 6.45) is 3.35. The third kappa shape index (κ3) is 2.99. The van der Waals surface area contributed by atoms with E-state index >= 15 is 0 Å². The smallest absolute Gasteiger partial charge is 0.296 e.